The van der Waals surface area contributed by atoms with E-state index in [1.54, 1.807) is 36.4 Å². The lowest BCUT2D eigenvalue weighted by atomic mass is 9.95. The second-order valence-corrected chi connectivity index (χ2v) is 5.64. The normalized spacial score (nSPS) is 15.9. The number of hydrogen-bond acceptors (Lipinski definition) is 3. The van der Waals surface area contributed by atoms with Gasteiger partial charge in [0.1, 0.15) is 6.04 Å². The minimum Gasteiger partial charge on any atom is -0.340 e. The van der Waals surface area contributed by atoms with E-state index in [1.165, 1.54) is 6.92 Å². The predicted molar refractivity (Wildman–Crippen MR) is 90.8 cm³/mol. The summed E-state index contributed by atoms with van der Waals surface area (Å²) >= 11 is 0. The first-order valence-electron chi connectivity index (χ1n) is 7.60. The van der Waals surface area contributed by atoms with Gasteiger partial charge in [-0.3, -0.25) is 14.4 Å². The fraction of sp³-hybridized carbons (Fsp3) is 0.167. The number of anilines is 2. The van der Waals surface area contributed by atoms with Crippen LogP contribution in [0, 0.1) is 0 Å². The zero-order valence-corrected chi connectivity index (χ0v) is 13.1. The van der Waals surface area contributed by atoms with Crippen molar-refractivity contribution in [1.82, 2.24) is 5.32 Å². The molecule has 6 nitrogen and oxygen atoms in total. The number of fused-ring (bicyclic) bond motifs is 1. The van der Waals surface area contributed by atoms with Crippen molar-refractivity contribution in [1.29, 1.82) is 0 Å². The Morgan fingerprint density at radius 2 is 1.75 bits per heavy atom. The Labute approximate surface area is 139 Å². The van der Waals surface area contributed by atoms with Gasteiger partial charge in [0.25, 0.3) is 5.91 Å². The maximum atomic E-state index is 12.4. The molecule has 3 rings (SSSR count). The molecule has 0 bridgehead atoms. The van der Waals surface area contributed by atoms with E-state index in [9.17, 15) is 14.4 Å². The van der Waals surface area contributed by atoms with E-state index in [4.69, 9.17) is 0 Å². The van der Waals surface area contributed by atoms with Crippen molar-refractivity contribution in [3.63, 3.8) is 0 Å². The van der Waals surface area contributed by atoms with Crippen LogP contribution in [0.15, 0.2) is 48.5 Å². The molecule has 1 aliphatic rings. The highest BCUT2D eigenvalue weighted by atomic mass is 16.2. The summed E-state index contributed by atoms with van der Waals surface area (Å²) in [5.41, 5.74) is 2.61. The Morgan fingerprint density at radius 3 is 2.50 bits per heavy atom. The molecule has 1 heterocycles. The van der Waals surface area contributed by atoms with E-state index in [0.717, 1.165) is 5.56 Å². The number of carbonyl (C=O) groups is 3. The summed E-state index contributed by atoms with van der Waals surface area (Å²) in [6.45, 7) is 1.42. The van der Waals surface area contributed by atoms with Crippen LogP contribution in [-0.2, 0) is 16.0 Å². The van der Waals surface area contributed by atoms with Gasteiger partial charge in [-0.2, -0.15) is 0 Å². The first-order chi connectivity index (χ1) is 11.5. The molecule has 0 aliphatic carbocycles. The van der Waals surface area contributed by atoms with Crippen molar-refractivity contribution in [2.24, 2.45) is 0 Å². The van der Waals surface area contributed by atoms with E-state index in [1.807, 2.05) is 12.1 Å². The summed E-state index contributed by atoms with van der Waals surface area (Å²) in [5.74, 6) is -0.726. The van der Waals surface area contributed by atoms with Crippen LogP contribution < -0.4 is 16.0 Å². The maximum Gasteiger partial charge on any atom is 0.252 e. The van der Waals surface area contributed by atoms with Gasteiger partial charge in [0.2, 0.25) is 11.8 Å². The Kier molecular flexibility index (Phi) is 4.29. The van der Waals surface area contributed by atoms with Gasteiger partial charge in [-0.1, -0.05) is 24.3 Å². The van der Waals surface area contributed by atoms with Gasteiger partial charge in [0.15, 0.2) is 0 Å². The number of amides is 3. The van der Waals surface area contributed by atoms with Crippen LogP contribution in [0.5, 0.6) is 0 Å². The molecule has 0 radical (unpaired) electrons. The zero-order valence-electron chi connectivity index (χ0n) is 13.1. The summed E-state index contributed by atoms with van der Waals surface area (Å²) in [7, 11) is 0. The Morgan fingerprint density at radius 1 is 1.04 bits per heavy atom. The fourth-order valence-electron chi connectivity index (χ4n) is 2.69. The first kappa shape index (κ1) is 15.7. The van der Waals surface area contributed by atoms with Crippen molar-refractivity contribution in [2.45, 2.75) is 19.4 Å². The molecule has 1 unspecified atom stereocenters. The second kappa shape index (κ2) is 6.54. The molecule has 0 spiro atoms. The van der Waals surface area contributed by atoms with Crippen LogP contribution in [0.1, 0.15) is 22.8 Å². The zero-order chi connectivity index (χ0) is 17.1. The third kappa shape index (κ3) is 3.43. The summed E-state index contributed by atoms with van der Waals surface area (Å²) in [5, 5.41) is 8.15. The van der Waals surface area contributed by atoms with Gasteiger partial charge in [0, 0.05) is 30.3 Å². The number of benzene rings is 2. The van der Waals surface area contributed by atoms with E-state index >= 15 is 0 Å². The van der Waals surface area contributed by atoms with Crippen molar-refractivity contribution in [3.05, 3.63) is 59.7 Å². The maximum absolute atomic E-state index is 12.4. The van der Waals surface area contributed by atoms with Crippen LogP contribution in [0.2, 0.25) is 0 Å². The molecule has 1 aliphatic heterocycles. The highest BCUT2D eigenvalue weighted by Gasteiger charge is 2.28. The molecule has 0 saturated carbocycles. The minimum atomic E-state index is -0.628. The van der Waals surface area contributed by atoms with E-state index < -0.39 is 6.04 Å². The summed E-state index contributed by atoms with van der Waals surface area (Å²) in [6, 6.07) is 13.5. The van der Waals surface area contributed by atoms with Gasteiger partial charge < -0.3 is 16.0 Å². The second-order valence-electron chi connectivity index (χ2n) is 5.64. The van der Waals surface area contributed by atoms with Crippen LogP contribution >= 0.6 is 0 Å². The molecule has 3 N–H and O–H groups in total. The topological polar surface area (TPSA) is 87.3 Å². The molecule has 3 amide bonds. The van der Waals surface area contributed by atoms with Gasteiger partial charge in [-0.15, -0.1) is 0 Å². The minimum absolute atomic E-state index is 0.186. The molecular formula is C18H17N3O3. The van der Waals surface area contributed by atoms with E-state index in [-0.39, 0.29) is 17.7 Å². The molecule has 0 saturated heterocycles. The van der Waals surface area contributed by atoms with Gasteiger partial charge in [-0.25, -0.2) is 0 Å². The quantitative estimate of drug-likeness (QED) is 0.806. The summed E-state index contributed by atoms with van der Waals surface area (Å²) in [6.07, 6.45) is 0.444. The molecule has 6 heteroatoms. The van der Waals surface area contributed by atoms with Crippen molar-refractivity contribution >= 4 is 29.1 Å². The molecule has 24 heavy (non-hydrogen) atoms. The number of nitrogens with one attached hydrogen (secondary N) is 3. The third-order valence-electron chi connectivity index (χ3n) is 3.76. The van der Waals surface area contributed by atoms with Crippen molar-refractivity contribution in [3.8, 4) is 0 Å². The Balaban J connectivity index is 1.72. The van der Waals surface area contributed by atoms with Crippen LogP contribution in [0.3, 0.4) is 0 Å². The van der Waals surface area contributed by atoms with Gasteiger partial charge >= 0.3 is 0 Å². The molecule has 0 fully saturated rings. The highest BCUT2D eigenvalue weighted by Crippen LogP contribution is 2.19. The molecule has 0 aromatic heterocycles. The molecular weight excluding hydrogens is 306 g/mol. The SMILES string of the molecule is CC(=O)Nc1cccc(NC(=O)C2Cc3ccccc3C(=O)N2)c1. The summed E-state index contributed by atoms with van der Waals surface area (Å²) in [4.78, 5) is 35.6. The highest BCUT2D eigenvalue weighted by molar-refractivity contribution is 6.04. The third-order valence-corrected chi connectivity index (χ3v) is 3.76. The van der Waals surface area contributed by atoms with Crippen molar-refractivity contribution in [2.75, 3.05) is 10.6 Å². The average Bonchev–Trinajstić information content (AvgIpc) is 2.54. The van der Waals surface area contributed by atoms with E-state index in [2.05, 4.69) is 16.0 Å². The molecule has 2 aromatic carbocycles. The van der Waals surface area contributed by atoms with Crippen molar-refractivity contribution < 1.29 is 14.4 Å². The number of rotatable bonds is 3. The standard InChI is InChI=1S/C18H17N3O3/c1-11(22)19-13-6-4-7-14(10-13)20-18(24)16-9-12-5-2-3-8-15(12)17(23)21-16/h2-8,10,16H,9H2,1H3,(H,19,22)(H,20,24)(H,21,23). The summed E-state index contributed by atoms with van der Waals surface area (Å²) < 4.78 is 0. The van der Waals surface area contributed by atoms with Crippen LogP contribution in [0.25, 0.3) is 0 Å². The smallest absolute Gasteiger partial charge is 0.252 e. The van der Waals surface area contributed by atoms with Gasteiger partial charge in [-0.05, 0) is 29.8 Å². The lowest BCUT2D eigenvalue weighted by Gasteiger charge is -2.24. The molecule has 1 atom stereocenters. The lowest BCUT2D eigenvalue weighted by Crippen LogP contribution is -2.48. The molecule has 122 valence electrons. The first-order valence-corrected chi connectivity index (χ1v) is 7.60. The van der Waals surface area contributed by atoms with Crippen LogP contribution in [0.4, 0.5) is 11.4 Å². The number of hydrogen-bond donors (Lipinski definition) is 3. The predicted octanol–water partition coefficient (Wildman–Crippen LogP) is 1.94. The Bertz CT molecular complexity index is 817. The monoisotopic (exact) mass is 323 g/mol. The largest absolute Gasteiger partial charge is 0.340 e. The lowest BCUT2D eigenvalue weighted by molar-refractivity contribution is -0.118. The van der Waals surface area contributed by atoms with E-state index in [0.29, 0.717) is 23.4 Å². The van der Waals surface area contributed by atoms with Gasteiger partial charge in [0.05, 0.1) is 0 Å². The molecule has 2 aromatic rings. The average molecular weight is 323 g/mol. The van der Waals surface area contributed by atoms with Crippen LogP contribution in [-0.4, -0.2) is 23.8 Å². The fourth-order valence-corrected chi connectivity index (χ4v) is 2.69. The Hall–Kier alpha value is -3.15. The number of carbonyl (C=O) groups excluding carboxylic acids is 3.